The van der Waals surface area contributed by atoms with Gasteiger partial charge in [-0.05, 0) is 42.8 Å². The quantitative estimate of drug-likeness (QED) is 0.209. The van der Waals surface area contributed by atoms with Crippen molar-refractivity contribution >= 4 is 49.2 Å². The van der Waals surface area contributed by atoms with Crippen LogP contribution < -0.4 is 0 Å². The standard InChI is InChI=1S/C23H23BrClF3NO5S/c1-29(34-35(32,33)23(26,27)28)19(13-21(30)15-5-9-17(24)10-6-15)3-2-4-20(29)14-22(31)16-7-11-18(25)12-8-16/h5-12,19-20H,2-4,13-14H2,1H3/q+1. The predicted octanol–water partition coefficient (Wildman–Crippen LogP) is 6.10. The van der Waals surface area contributed by atoms with Crippen LogP contribution in [0.5, 0.6) is 0 Å². The minimum absolute atomic E-state index is 0.242. The molecule has 190 valence electrons. The number of benzene rings is 2. The highest BCUT2D eigenvalue weighted by Crippen LogP contribution is 2.39. The number of carbonyl (C=O) groups excluding carboxylic acids is 2. The first-order valence-corrected chi connectivity index (χ1v) is 13.3. The van der Waals surface area contributed by atoms with Crippen LogP contribution >= 0.6 is 27.5 Å². The van der Waals surface area contributed by atoms with Crippen molar-refractivity contribution in [1.29, 1.82) is 0 Å². The number of rotatable bonds is 8. The van der Waals surface area contributed by atoms with Crippen molar-refractivity contribution in [3.63, 3.8) is 0 Å². The average molecular weight is 598 g/mol. The minimum Gasteiger partial charge on any atom is -0.294 e. The maximum atomic E-state index is 13.3. The third kappa shape index (κ3) is 6.51. The number of hydrogen-bond donors (Lipinski definition) is 0. The van der Waals surface area contributed by atoms with E-state index in [0.717, 1.165) is 4.47 Å². The van der Waals surface area contributed by atoms with Gasteiger partial charge in [0.25, 0.3) is 0 Å². The molecule has 3 atom stereocenters. The second-order valence-corrected chi connectivity index (χ2v) is 11.4. The first-order chi connectivity index (χ1) is 16.2. The number of quaternary nitrogens is 1. The lowest BCUT2D eigenvalue weighted by molar-refractivity contribution is -1.11. The minimum atomic E-state index is -6.01. The molecule has 0 saturated carbocycles. The van der Waals surface area contributed by atoms with Gasteiger partial charge in [-0.3, -0.25) is 9.59 Å². The fourth-order valence-electron chi connectivity index (χ4n) is 4.28. The molecule has 3 unspecified atom stereocenters. The Hall–Kier alpha value is -1.79. The number of carbonyl (C=O) groups is 2. The molecule has 1 saturated heterocycles. The van der Waals surface area contributed by atoms with E-state index in [9.17, 15) is 31.2 Å². The van der Waals surface area contributed by atoms with Gasteiger partial charge in [0.1, 0.15) is 19.1 Å². The molecule has 6 nitrogen and oxygen atoms in total. The van der Waals surface area contributed by atoms with Crippen molar-refractivity contribution in [3.8, 4) is 0 Å². The number of likely N-dealkylation sites (tertiary alicyclic amines) is 1. The largest absolute Gasteiger partial charge is 0.528 e. The molecule has 0 amide bonds. The molecule has 1 fully saturated rings. The van der Waals surface area contributed by atoms with E-state index in [1.54, 1.807) is 24.3 Å². The molecule has 2 aromatic carbocycles. The van der Waals surface area contributed by atoms with Crippen molar-refractivity contribution in [1.82, 2.24) is 0 Å². The summed E-state index contributed by atoms with van der Waals surface area (Å²) in [5, 5.41) is 0.408. The third-order valence-corrected chi connectivity index (χ3v) is 8.11. The molecule has 0 spiro atoms. The van der Waals surface area contributed by atoms with Gasteiger partial charge in [0, 0.05) is 33.5 Å². The molecule has 35 heavy (non-hydrogen) atoms. The summed E-state index contributed by atoms with van der Waals surface area (Å²) >= 11 is 9.12. The molecular formula is C23H23BrClF3NO5S+. The fourth-order valence-corrected chi connectivity index (χ4v) is 5.42. The number of halogens is 5. The number of hydrogen-bond acceptors (Lipinski definition) is 5. The summed E-state index contributed by atoms with van der Waals surface area (Å²) < 4.78 is 68.4. The topological polar surface area (TPSA) is 77.5 Å². The van der Waals surface area contributed by atoms with E-state index >= 15 is 0 Å². The van der Waals surface area contributed by atoms with Crippen LogP contribution in [-0.2, 0) is 14.4 Å². The summed E-state index contributed by atoms with van der Waals surface area (Å²) in [5.74, 6) is -0.770. The zero-order valence-corrected chi connectivity index (χ0v) is 21.8. The molecule has 1 heterocycles. The molecule has 3 rings (SSSR count). The Balaban J connectivity index is 1.93. The van der Waals surface area contributed by atoms with Crippen molar-refractivity contribution in [3.05, 3.63) is 69.2 Å². The molecule has 0 aromatic heterocycles. The molecule has 1 aliphatic heterocycles. The van der Waals surface area contributed by atoms with Crippen LogP contribution in [0.1, 0.15) is 52.8 Å². The van der Waals surface area contributed by atoms with Gasteiger partial charge in [0.15, 0.2) is 11.6 Å². The van der Waals surface area contributed by atoms with Crippen LogP contribution in [0.4, 0.5) is 13.2 Å². The molecule has 2 aromatic rings. The highest BCUT2D eigenvalue weighted by Gasteiger charge is 2.57. The molecule has 12 heteroatoms. The average Bonchev–Trinajstić information content (AvgIpc) is 2.76. The lowest BCUT2D eigenvalue weighted by Crippen LogP contribution is -2.63. The highest BCUT2D eigenvalue weighted by molar-refractivity contribution is 9.10. The highest BCUT2D eigenvalue weighted by atomic mass is 79.9. The van der Waals surface area contributed by atoms with Crippen molar-refractivity contribution in [2.24, 2.45) is 0 Å². The Labute approximate surface area is 214 Å². The maximum absolute atomic E-state index is 13.3. The molecule has 1 aliphatic rings. The van der Waals surface area contributed by atoms with Gasteiger partial charge >= 0.3 is 15.6 Å². The van der Waals surface area contributed by atoms with Crippen LogP contribution in [0.2, 0.25) is 5.02 Å². The van der Waals surface area contributed by atoms with Crippen LogP contribution in [0.25, 0.3) is 0 Å². The molecule has 0 aliphatic carbocycles. The summed E-state index contributed by atoms with van der Waals surface area (Å²) in [6.07, 6.45) is 0.454. The first-order valence-electron chi connectivity index (χ1n) is 10.7. The lowest BCUT2D eigenvalue weighted by atomic mass is 9.88. The number of nitrogens with zero attached hydrogens (tertiary/aromatic N) is 1. The van der Waals surface area contributed by atoms with Gasteiger partial charge in [0.2, 0.25) is 0 Å². The van der Waals surface area contributed by atoms with Gasteiger partial charge < -0.3 is 0 Å². The number of ketones is 2. The Morgan fingerprint density at radius 2 is 1.40 bits per heavy atom. The number of piperidine rings is 1. The van der Waals surface area contributed by atoms with Crippen molar-refractivity contribution in [2.75, 3.05) is 7.05 Å². The molecular weight excluding hydrogens is 575 g/mol. The van der Waals surface area contributed by atoms with E-state index in [-0.39, 0.29) is 37.0 Å². The van der Waals surface area contributed by atoms with E-state index in [1.807, 2.05) is 0 Å². The van der Waals surface area contributed by atoms with Crippen LogP contribution in [0.15, 0.2) is 53.0 Å². The summed E-state index contributed by atoms with van der Waals surface area (Å²) in [7, 11) is -4.81. The second kappa shape index (κ2) is 10.7. The number of alkyl halides is 3. The Bertz CT molecular complexity index is 1120. The Morgan fingerprint density at radius 3 is 1.83 bits per heavy atom. The summed E-state index contributed by atoms with van der Waals surface area (Å²) in [4.78, 5) is 25.8. The number of hydroxylamine groups is 3. The third-order valence-electron chi connectivity index (χ3n) is 6.24. The Morgan fingerprint density at radius 1 is 0.971 bits per heavy atom. The zero-order chi connectivity index (χ0) is 26.0. The maximum Gasteiger partial charge on any atom is 0.528 e. The monoisotopic (exact) mass is 596 g/mol. The molecule has 0 bridgehead atoms. The Kier molecular flexibility index (Phi) is 8.48. The predicted molar refractivity (Wildman–Crippen MR) is 127 cm³/mol. The van der Waals surface area contributed by atoms with E-state index in [4.69, 9.17) is 15.9 Å². The van der Waals surface area contributed by atoms with Gasteiger partial charge in [0.05, 0.1) is 12.8 Å². The molecule has 0 N–H and O–H groups in total. The van der Waals surface area contributed by atoms with Crippen LogP contribution in [0, 0.1) is 0 Å². The van der Waals surface area contributed by atoms with Gasteiger partial charge in [-0.2, -0.15) is 26.2 Å². The molecule has 0 radical (unpaired) electrons. The van der Waals surface area contributed by atoms with E-state index < -0.39 is 38.1 Å². The van der Waals surface area contributed by atoms with Gasteiger partial charge in [-0.25, -0.2) is 0 Å². The summed E-state index contributed by atoms with van der Waals surface area (Å²) in [6.45, 7) is 0. The van der Waals surface area contributed by atoms with Crippen LogP contribution in [-0.4, -0.2) is 49.3 Å². The fraction of sp³-hybridized carbons (Fsp3) is 0.391. The van der Waals surface area contributed by atoms with E-state index in [2.05, 4.69) is 15.9 Å². The van der Waals surface area contributed by atoms with Gasteiger partial charge in [-0.1, -0.05) is 43.9 Å². The van der Waals surface area contributed by atoms with E-state index in [0.29, 0.717) is 17.0 Å². The van der Waals surface area contributed by atoms with E-state index in [1.165, 1.54) is 31.3 Å². The van der Waals surface area contributed by atoms with Crippen molar-refractivity contribution < 1.29 is 40.1 Å². The normalized spacial score (nSPS) is 23.1. The SMILES string of the molecule is C[N+]1(OS(=O)(=O)C(F)(F)F)C(CC(=O)c2ccc(Cl)cc2)CCCC1CC(=O)c1ccc(Br)cc1. The lowest BCUT2D eigenvalue weighted by Gasteiger charge is -2.45. The smallest absolute Gasteiger partial charge is 0.294 e. The van der Waals surface area contributed by atoms with Gasteiger partial charge in [-0.15, -0.1) is 0 Å². The number of Topliss-reactive ketones (excluding diaryl/α,β-unsaturated/α-hetero) is 2. The first kappa shape index (κ1) is 27.8. The second-order valence-electron chi connectivity index (χ2n) is 8.54. The zero-order valence-electron chi connectivity index (χ0n) is 18.6. The van der Waals surface area contributed by atoms with Crippen LogP contribution in [0.3, 0.4) is 0 Å². The van der Waals surface area contributed by atoms with Crippen molar-refractivity contribution in [2.45, 2.75) is 49.7 Å². The summed E-state index contributed by atoms with van der Waals surface area (Å²) in [6, 6.07) is 10.6. The summed E-state index contributed by atoms with van der Waals surface area (Å²) in [5.41, 5.74) is -5.04.